The van der Waals surface area contributed by atoms with E-state index in [2.05, 4.69) is 0 Å². The first-order valence-electron chi connectivity index (χ1n) is 9.58. The van der Waals surface area contributed by atoms with Crippen LogP contribution in [0, 0.1) is 5.92 Å². The van der Waals surface area contributed by atoms with Gasteiger partial charge in [0.25, 0.3) is 0 Å². The van der Waals surface area contributed by atoms with Crippen molar-refractivity contribution in [2.75, 3.05) is 14.2 Å². The highest BCUT2D eigenvalue weighted by Crippen LogP contribution is 2.41. The van der Waals surface area contributed by atoms with Crippen LogP contribution in [-0.4, -0.2) is 31.6 Å². The lowest BCUT2D eigenvalue weighted by atomic mass is 9.75. The summed E-state index contributed by atoms with van der Waals surface area (Å²) in [5.74, 6) is -1.27. The molecule has 0 spiro atoms. The van der Waals surface area contributed by atoms with Gasteiger partial charge in [-0.3, -0.25) is 14.4 Å². The number of Topliss-reactive ketones (excluding diaryl/α,β-unsaturated/α-hetero) is 3. The Morgan fingerprint density at radius 2 is 1.63 bits per heavy atom. The molecule has 1 aromatic carbocycles. The number of carbonyl (C=O) groups is 3. The van der Waals surface area contributed by atoms with Gasteiger partial charge in [0.15, 0.2) is 17.3 Å². The summed E-state index contributed by atoms with van der Waals surface area (Å²) in [6.45, 7) is 5.39. The monoisotopic (exact) mass is 408 g/mol. The summed E-state index contributed by atoms with van der Waals surface area (Å²) in [6.07, 6.45) is 3.56. The number of carbonyl (C=O) groups excluding carboxylic acids is 3. The summed E-state index contributed by atoms with van der Waals surface area (Å²) in [5.41, 5.74) is 1.68. The van der Waals surface area contributed by atoms with Crippen LogP contribution in [0.5, 0.6) is 11.5 Å². The summed E-state index contributed by atoms with van der Waals surface area (Å²) in [6, 6.07) is 6.35. The smallest absolute Gasteiger partial charge is 0.205 e. The Labute approximate surface area is 175 Å². The topological polar surface area (TPSA) is 82.8 Å². The van der Waals surface area contributed by atoms with Crippen molar-refractivity contribution in [2.24, 2.45) is 5.92 Å². The molecule has 0 saturated carbocycles. The second-order valence-electron chi connectivity index (χ2n) is 7.33. The van der Waals surface area contributed by atoms with Crippen LogP contribution in [0.2, 0.25) is 0 Å². The molecule has 0 amide bonds. The summed E-state index contributed by atoms with van der Waals surface area (Å²) >= 11 is 0. The maximum absolute atomic E-state index is 13.6. The molecule has 0 aliphatic heterocycles. The number of ether oxygens (including phenoxy) is 2. The number of hydrogen-bond acceptors (Lipinski definition) is 6. The number of benzene rings is 1. The quantitative estimate of drug-likeness (QED) is 0.481. The van der Waals surface area contributed by atoms with Crippen molar-refractivity contribution in [3.05, 3.63) is 70.2 Å². The molecular weight excluding hydrogens is 384 g/mol. The van der Waals surface area contributed by atoms with Gasteiger partial charge >= 0.3 is 0 Å². The lowest BCUT2D eigenvalue weighted by Gasteiger charge is -2.26. The minimum atomic E-state index is -0.855. The van der Waals surface area contributed by atoms with E-state index in [1.54, 1.807) is 31.2 Å². The van der Waals surface area contributed by atoms with Crippen LogP contribution in [0.3, 0.4) is 0 Å². The molecule has 1 unspecified atom stereocenters. The van der Waals surface area contributed by atoms with Gasteiger partial charge in [-0.2, -0.15) is 0 Å². The number of fused-ring (bicyclic) bond motifs is 1. The molecular formula is C24H24O6. The summed E-state index contributed by atoms with van der Waals surface area (Å²) < 4.78 is 16.0. The van der Waals surface area contributed by atoms with Gasteiger partial charge in [-0.15, -0.1) is 0 Å². The van der Waals surface area contributed by atoms with Crippen LogP contribution in [0.1, 0.15) is 58.5 Å². The lowest BCUT2D eigenvalue weighted by molar-refractivity contribution is 0.0875. The van der Waals surface area contributed by atoms with E-state index in [-0.39, 0.29) is 51.8 Å². The summed E-state index contributed by atoms with van der Waals surface area (Å²) in [5, 5.41) is 0. The number of methoxy groups -OCH3 is 2. The molecule has 156 valence electrons. The van der Waals surface area contributed by atoms with Crippen molar-refractivity contribution in [3.8, 4) is 11.5 Å². The second-order valence-corrected chi connectivity index (χ2v) is 7.33. The fourth-order valence-electron chi connectivity index (χ4n) is 3.69. The highest BCUT2D eigenvalue weighted by molar-refractivity contribution is 6.30. The SMILES string of the molecule is COc1ccc(OC)c2c1C(=O)C(C)=C(C(CC=C(C)C)C(=O)c1ccco1)C2=O. The van der Waals surface area contributed by atoms with Gasteiger partial charge in [-0.1, -0.05) is 11.6 Å². The molecule has 1 heterocycles. The molecule has 6 nitrogen and oxygen atoms in total. The maximum Gasteiger partial charge on any atom is 0.205 e. The molecule has 6 heteroatoms. The van der Waals surface area contributed by atoms with Crippen LogP contribution < -0.4 is 9.47 Å². The van der Waals surface area contributed by atoms with Crippen molar-refractivity contribution in [3.63, 3.8) is 0 Å². The average molecular weight is 408 g/mol. The average Bonchev–Trinajstić information content (AvgIpc) is 3.27. The van der Waals surface area contributed by atoms with Gasteiger partial charge in [-0.25, -0.2) is 0 Å². The first-order valence-corrected chi connectivity index (χ1v) is 9.58. The highest BCUT2D eigenvalue weighted by atomic mass is 16.5. The molecule has 0 radical (unpaired) electrons. The number of ketones is 3. The molecule has 0 bridgehead atoms. The van der Waals surface area contributed by atoms with Crippen LogP contribution in [0.25, 0.3) is 0 Å². The first kappa shape index (κ1) is 21.3. The number of allylic oxidation sites excluding steroid dienone is 4. The Bertz CT molecular complexity index is 1070. The third kappa shape index (κ3) is 3.61. The largest absolute Gasteiger partial charge is 0.496 e. The Morgan fingerprint density at radius 1 is 1.03 bits per heavy atom. The highest BCUT2D eigenvalue weighted by Gasteiger charge is 2.40. The first-order chi connectivity index (χ1) is 14.3. The van der Waals surface area contributed by atoms with Crippen molar-refractivity contribution < 1.29 is 28.3 Å². The minimum absolute atomic E-state index is 0.122. The molecule has 0 N–H and O–H groups in total. The number of furan rings is 1. The Hall–Kier alpha value is -3.41. The van der Waals surface area contributed by atoms with E-state index in [0.717, 1.165) is 5.57 Å². The van der Waals surface area contributed by atoms with Gasteiger partial charge in [0.2, 0.25) is 5.78 Å². The van der Waals surface area contributed by atoms with Gasteiger partial charge < -0.3 is 13.9 Å². The fourth-order valence-corrected chi connectivity index (χ4v) is 3.69. The van der Waals surface area contributed by atoms with E-state index in [1.165, 1.54) is 20.5 Å². The predicted molar refractivity (Wildman–Crippen MR) is 111 cm³/mol. The van der Waals surface area contributed by atoms with Crippen LogP contribution in [-0.2, 0) is 0 Å². The predicted octanol–water partition coefficient (Wildman–Crippen LogP) is 4.85. The van der Waals surface area contributed by atoms with Crippen LogP contribution in [0.15, 0.2) is 57.7 Å². The minimum Gasteiger partial charge on any atom is -0.496 e. The molecule has 1 atom stereocenters. The van der Waals surface area contributed by atoms with E-state index in [0.29, 0.717) is 5.75 Å². The second kappa shape index (κ2) is 8.53. The molecule has 0 saturated heterocycles. The maximum atomic E-state index is 13.6. The molecule has 3 rings (SSSR count). The molecule has 1 aliphatic rings. The van der Waals surface area contributed by atoms with Crippen LogP contribution >= 0.6 is 0 Å². The normalized spacial score (nSPS) is 14.3. The standard InChI is InChI=1S/C24H24O6/c1-13(2)8-9-15(23(26)18-7-6-12-30-18)19-14(3)22(25)20-16(28-4)10-11-17(29-5)21(20)24(19)27/h6-8,10-12,15H,9H2,1-5H3. The fraction of sp³-hybridized carbons (Fsp3) is 0.292. The van der Waals surface area contributed by atoms with E-state index < -0.39 is 11.7 Å². The van der Waals surface area contributed by atoms with Crippen molar-refractivity contribution >= 4 is 17.3 Å². The molecule has 1 aromatic heterocycles. The lowest BCUT2D eigenvalue weighted by Crippen LogP contribution is -2.30. The van der Waals surface area contributed by atoms with Gasteiger partial charge in [0.1, 0.15) is 11.5 Å². The van der Waals surface area contributed by atoms with Gasteiger partial charge in [-0.05, 0) is 51.5 Å². The van der Waals surface area contributed by atoms with Gasteiger partial charge in [0.05, 0.1) is 37.5 Å². The van der Waals surface area contributed by atoms with Crippen molar-refractivity contribution in [1.29, 1.82) is 0 Å². The number of rotatable bonds is 7. The zero-order valence-corrected chi connectivity index (χ0v) is 17.7. The Morgan fingerprint density at radius 3 is 2.13 bits per heavy atom. The summed E-state index contributed by atoms with van der Waals surface area (Å²) in [7, 11) is 2.87. The summed E-state index contributed by atoms with van der Waals surface area (Å²) in [4.78, 5) is 40.1. The molecule has 1 aliphatic carbocycles. The van der Waals surface area contributed by atoms with Gasteiger partial charge in [0, 0.05) is 11.1 Å². The number of hydrogen-bond donors (Lipinski definition) is 0. The van der Waals surface area contributed by atoms with Crippen LogP contribution in [0.4, 0.5) is 0 Å². The molecule has 30 heavy (non-hydrogen) atoms. The Kier molecular flexibility index (Phi) is 6.06. The zero-order chi connectivity index (χ0) is 22.0. The Balaban J connectivity index is 2.22. The van der Waals surface area contributed by atoms with E-state index in [1.807, 2.05) is 19.9 Å². The van der Waals surface area contributed by atoms with E-state index >= 15 is 0 Å². The van der Waals surface area contributed by atoms with Crippen molar-refractivity contribution in [1.82, 2.24) is 0 Å². The van der Waals surface area contributed by atoms with E-state index in [4.69, 9.17) is 13.9 Å². The molecule has 2 aromatic rings. The third-order valence-corrected chi connectivity index (χ3v) is 5.20. The molecule has 0 fully saturated rings. The zero-order valence-electron chi connectivity index (χ0n) is 17.7. The third-order valence-electron chi connectivity index (χ3n) is 5.20. The van der Waals surface area contributed by atoms with E-state index in [9.17, 15) is 14.4 Å². The van der Waals surface area contributed by atoms with Crippen molar-refractivity contribution in [2.45, 2.75) is 27.2 Å².